The Labute approximate surface area is 223 Å². The van der Waals surface area contributed by atoms with Crippen LogP contribution in [0.1, 0.15) is 22.3 Å². The summed E-state index contributed by atoms with van der Waals surface area (Å²) in [4.78, 5) is 0. The molecule has 1 aliphatic carbocycles. The number of allylic oxidation sites excluding steroid dienone is 6. The number of nitrogens with two attached hydrogens (primary N) is 1. The van der Waals surface area contributed by atoms with Crippen molar-refractivity contribution in [2.45, 2.75) is 0 Å². The summed E-state index contributed by atoms with van der Waals surface area (Å²) < 4.78 is 0. The minimum Gasteiger partial charge on any atom is -0.399 e. The van der Waals surface area contributed by atoms with Crippen LogP contribution in [0.4, 0.5) is 11.4 Å². The third-order valence-electron chi connectivity index (χ3n) is 6.15. The van der Waals surface area contributed by atoms with Crippen LogP contribution in [-0.4, -0.2) is 11.4 Å². The Balaban J connectivity index is 1.44. The van der Waals surface area contributed by atoms with E-state index in [9.17, 15) is 0 Å². The SMILES string of the molecule is N=C1C=CC(=C(c2ccc(N)cc2)c2ccc(NN=C(C=Cc3ccccc3)c3ccccc3)cc2)C=C1. The predicted octanol–water partition coefficient (Wildman–Crippen LogP) is 7.75. The van der Waals surface area contributed by atoms with Gasteiger partial charge in [0.25, 0.3) is 0 Å². The molecule has 0 spiro atoms. The fourth-order valence-electron chi connectivity index (χ4n) is 4.17. The summed E-state index contributed by atoms with van der Waals surface area (Å²) in [6.45, 7) is 0. The van der Waals surface area contributed by atoms with Crippen molar-refractivity contribution in [1.29, 1.82) is 5.41 Å². The van der Waals surface area contributed by atoms with Crippen LogP contribution in [0.3, 0.4) is 0 Å². The van der Waals surface area contributed by atoms with Crippen molar-refractivity contribution in [2.24, 2.45) is 5.10 Å². The third kappa shape index (κ3) is 6.12. The van der Waals surface area contributed by atoms with Crippen molar-refractivity contribution in [1.82, 2.24) is 0 Å². The van der Waals surface area contributed by atoms with Crippen LogP contribution >= 0.6 is 0 Å². The maximum absolute atomic E-state index is 7.87. The first kappa shape index (κ1) is 24.5. The Morgan fingerprint density at radius 3 is 1.87 bits per heavy atom. The molecule has 0 atom stereocenters. The van der Waals surface area contributed by atoms with E-state index < -0.39 is 0 Å². The molecule has 4 aromatic carbocycles. The fourth-order valence-corrected chi connectivity index (χ4v) is 4.17. The summed E-state index contributed by atoms with van der Waals surface area (Å²) in [6, 6.07) is 36.4. The van der Waals surface area contributed by atoms with Gasteiger partial charge in [0.05, 0.1) is 17.1 Å². The largest absolute Gasteiger partial charge is 0.399 e. The van der Waals surface area contributed by atoms with E-state index in [1.54, 1.807) is 0 Å². The zero-order chi connectivity index (χ0) is 26.2. The third-order valence-corrected chi connectivity index (χ3v) is 6.15. The summed E-state index contributed by atoms with van der Waals surface area (Å²) in [5.74, 6) is 0. The normalized spacial score (nSPS) is 13.2. The molecule has 0 aliphatic heterocycles. The van der Waals surface area contributed by atoms with Crippen LogP contribution in [0.2, 0.25) is 0 Å². The van der Waals surface area contributed by atoms with Crippen molar-refractivity contribution >= 4 is 34.4 Å². The summed E-state index contributed by atoms with van der Waals surface area (Å²) in [6.07, 6.45) is 11.7. The molecule has 0 radical (unpaired) electrons. The molecule has 4 nitrogen and oxygen atoms in total. The summed E-state index contributed by atoms with van der Waals surface area (Å²) in [5, 5.41) is 12.6. The van der Waals surface area contributed by atoms with Crippen molar-refractivity contribution in [3.05, 3.63) is 167 Å². The van der Waals surface area contributed by atoms with E-state index in [-0.39, 0.29) is 0 Å². The number of rotatable bonds is 7. The first-order chi connectivity index (χ1) is 18.7. The highest BCUT2D eigenvalue weighted by Crippen LogP contribution is 2.31. The van der Waals surface area contributed by atoms with Gasteiger partial charge in [-0.25, -0.2) is 0 Å². The van der Waals surface area contributed by atoms with Crippen molar-refractivity contribution in [3.63, 3.8) is 0 Å². The Kier molecular flexibility index (Phi) is 7.52. The lowest BCUT2D eigenvalue weighted by molar-refractivity contribution is 1.33. The number of nitrogens with zero attached hydrogens (tertiary/aromatic N) is 1. The quantitative estimate of drug-likeness (QED) is 0.140. The van der Waals surface area contributed by atoms with Gasteiger partial charge in [0.2, 0.25) is 0 Å². The van der Waals surface area contributed by atoms with E-state index in [4.69, 9.17) is 16.2 Å². The second kappa shape index (κ2) is 11.7. The second-order valence-electron chi connectivity index (χ2n) is 8.87. The van der Waals surface area contributed by atoms with Crippen LogP contribution in [0, 0.1) is 5.41 Å². The van der Waals surface area contributed by atoms with Gasteiger partial charge < -0.3 is 11.1 Å². The molecule has 0 aromatic heterocycles. The van der Waals surface area contributed by atoms with Crippen LogP contribution in [0.25, 0.3) is 11.6 Å². The van der Waals surface area contributed by atoms with Gasteiger partial charge in [-0.1, -0.05) is 103 Å². The maximum atomic E-state index is 7.87. The zero-order valence-electron chi connectivity index (χ0n) is 20.9. The van der Waals surface area contributed by atoms with Crippen LogP contribution in [-0.2, 0) is 0 Å². The predicted molar refractivity (Wildman–Crippen MR) is 161 cm³/mol. The molecule has 4 aromatic rings. The highest BCUT2D eigenvalue weighted by atomic mass is 15.3. The highest BCUT2D eigenvalue weighted by Gasteiger charge is 2.11. The average molecular weight is 493 g/mol. The van der Waals surface area contributed by atoms with Gasteiger partial charge in [0.15, 0.2) is 0 Å². The van der Waals surface area contributed by atoms with Gasteiger partial charge in [-0.3, -0.25) is 5.43 Å². The van der Waals surface area contributed by atoms with Gasteiger partial charge in [-0.05, 0) is 70.3 Å². The number of hydrogen-bond donors (Lipinski definition) is 3. The molecular weight excluding hydrogens is 464 g/mol. The Bertz CT molecular complexity index is 1540. The second-order valence-corrected chi connectivity index (χ2v) is 8.87. The van der Waals surface area contributed by atoms with E-state index in [0.29, 0.717) is 5.71 Å². The van der Waals surface area contributed by atoms with E-state index in [1.807, 2.05) is 103 Å². The van der Waals surface area contributed by atoms with E-state index in [2.05, 4.69) is 47.9 Å². The molecule has 0 saturated carbocycles. The molecule has 4 N–H and O–H groups in total. The summed E-state index contributed by atoms with van der Waals surface area (Å²) >= 11 is 0. The summed E-state index contributed by atoms with van der Waals surface area (Å²) in [7, 11) is 0. The molecule has 4 heteroatoms. The monoisotopic (exact) mass is 492 g/mol. The summed E-state index contributed by atoms with van der Waals surface area (Å²) in [5.41, 5.74) is 18.5. The molecular formula is C34H28N4. The Morgan fingerprint density at radius 2 is 1.24 bits per heavy atom. The molecule has 38 heavy (non-hydrogen) atoms. The number of nitrogen functional groups attached to an aromatic ring is 1. The Hall–Kier alpha value is -5.22. The Morgan fingerprint density at radius 1 is 0.658 bits per heavy atom. The molecule has 1 aliphatic rings. The number of nitrogens with one attached hydrogen (secondary N) is 2. The van der Waals surface area contributed by atoms with Gasteiger partial charge in [-0.15, -0.1) is 0 Å². The smallest absolute Gasteiger partial charge is 0.0905 e. The molecule has 0 unspecified atom stereocenters. The van der Waals surface area contributed by atoms with Crippen LogP contribution in [0.5, 0.6) is 0 Å². The van der Waals surface area contributed by atoms with Gasteiger partial charge in [-0.2, -0.15) is 5.10 Å². The van der Waals surface area contributed by atoms with Gasteiger partial charge in [0.1, 0.15) is 0 Å². The minimum absolute atomic E-state index is 0.485. The molecule has 0 bridgehead atoms. The first-order valence-corrected chi connectivity index (χ1v) is 12.4. The van der Waals surface area contributed by atoms with Crippen molar-refractivity contribution in [2.75, 3.05) is 11.2 Å². The van der Waals surface area contributed by atoms with Crippen LogP contribution < -0.4 is 11.2 Å². The molecule has 0 heterocycles. The topological polar surface area (TPSA) is 74.3 Å². The highest BCUT2D eigenvalue weighted by molar-refractivity contribution is 6.11. The lowest BCUT2D eigenvalue weighted by atomic mass is 9.90. The van der Waals surface area contributed by atoms with Crippen molar-refractivity contribution < 1.29 is 0 Å². The lowest BCUT2D eigenvalue weighted by Crippen LogP contribution is -2.01. The minimum atomic E-state index is 0.485. The van der Waals surface area contributed by atoms with E-state index in [0.717, 1.165) is 50.5 Å². The van der Waals surface area contributed by atoms with Crippen LogP contribution in [0.15, 0.2) is 150 Å². The number of hydrazone groups is 1. The molecule has 0 amide bonds. The molecule has 184 valence electrons. The number of anilines is 2. The zero-order valence-corrected chi connectivity index (χ0v) is 20.9. The average Bonchev–Trinajstić information content (AvgIpc) is 2.97. The number of hydrogen-bond acceptors (Lipinski definition) is 4. The van der Waals surface area contributed by atoms with Gasteiger partial charge in [0, 0.05) is 11.3 Å². The van der Waals surface area contributed by atoms with E-state index >= 15 is 0 Å². The lowest BCUT2D eigenvalue weighted by Gasteiger charge is -2.14. The molecule has 0 saturated heterocycles. The van der Waals surface area contributed by atoms with Gasteiger partial charge >= 0.3 is 0 Å². The first-order valence-electron chi connectivity index (χ1n) is 12.4. The maximum Gasteiger partial charge on any atom is 0.0905 e. The standard InChI is InChI=1S/C34H28N4/c35-30-18-12-27(13-19-30)34(28-14-20-31(36)21-15-28)29-16-22-32(23-17-29)37-38-33(26-9-5-2-6-10-26)24-11-25-7-3-1-4-8-25/h1-24,35,37H,36H2. The fraction of sp³-hybridized carbons (Fsp3) is 0. The van der Waals surface area contributed by atoms with E-state index in [1.165, 1.54) is 0 Å². The van der Waals surface area contributed by atoms with Crippen molar-refractivity contribution in [3.8, 4) is 0 Å². The number of benzene rings is 4. The molecule has 0 fully saturated rings. The molecule has 5 rings (SSSR count).